The van der Waals surface area contributed by atoms with Crippen LogP contribution in [0, 0.1) is 0 Å². The van der Waals surface area contributed by atoms with Gasteiger partial charge < -0.3 is 9.64 Å². The van der Waals surface area contributed by atoms with Crippen LogP contribution < -0.4 is 4.74 Å². The Bertz CT molecular complexity index is 615. The van der Waals surface area contributed by atoms with Crippen LogP contribution in [0.4, 0.5) is 0 Å². The van der Waals surface area contributed by atoms with Crippen molar-refractivity contribution in [2.24, 2.45) is 0 Å². The van der Waals surface area contributed by atoms with Crippen LogP contribution in [0.3, 0.4) is 0 Å². The highest BCUT2D eigenvalue weighted by Gasteiger charge is 2.27. The molecule has 0 aromatic carbocycles. The van der Waals surface area contributed by atoms with Crippen LogP contribution in [0.1, 0.15) is 41.2 Å². The van der Waals surface area contributed by atoms with E-state index in [1.54, 1.807) is 11.3 Å². The number of hydrogen-bond donors (Lipinski definition) is 0. The van der Waals surface area contributed by atoms with Crippen molar-refractivity contribution >= 4 is 17.2 Å². The van der Waals surface area contributed by atoms with Gasteiger partial charge in [0.1, 0.15) is 5.69 Å². The lowest BCUT2D eigenvalue weighted by molar-refractivity contribution is 0.0700. The maximum Gasteiger partial charge on any atom is 0.274 e. The zero-order valence-corrected chi connectivity index (χ0v) is 13.3. The van der Waals surface area contributed by atoms with Crippen LogP contribution in [0.25, 0.3) is 0 Å². The Morgan fingerprint density at radius 1 is 1.41 bits per heavy atom. The molecule has 7 heteroatoms. The minimum Gasteiger partial charge on any atom is -0.477 e. The number of amides is 1. The van der Waals surface area contributed by atoms with Crippen LogP contribution in [0.2, 0.25) is 0 Å². The second kappa shape index (κ2) is 6.83. The number of aromatic nitrogens is 3. The predicted molar refractivity (Wildman–Crippen MR) is 83.2 cm³/mol. The second-order valence-electron chi connectivity index (χ2n) is 5.13. The van der Waals surface area contributed by atoms with Crippen molar-refractivity contribution in [3.8, 4) is 5.88 Å². The number of carbonyl (C=O) groups is 1. The lowest BCUT2D eigenvalue weighted by Crippen LogP contribution is -2.39. The second-order valence-corrected chi connectivity index (χ2v) is 6.06. The Morgan fingerprint density at radius 3 is 3.00 bits per heavy atom. The molecule has 1 fully saturated rings. The monoisotopic (exact) mass is 318 g/mol. The largest absolute Gasteiger partial charge is 0.477 e. The lowest BCUT2D eigenvalue weighted by Gasteiger charge is -2.31. The van der Waals surface area contributed by atoms with Gasteiger partial charge in [0.2, 0.25) is 5.88 Å². The quantitative estimate of drug-likeness (QED) is 0.865. The first kappa shape index (κ1) is 14.9. The first-order valence-electron chi connectivity index (χ1n) is 7.41. The van der Waals surface area contributed by atoms with E-state index in [2.05, 4.69) is 15.0 Å². The van der Waals surface area contributed by atoms with Gasteiger partial charge in [-0.2, -0.15) is 0 Å². The van der Waals surface area contributed by atoms with E-state index in [1.165, 1.54) is 12.4 Å². The van der Waals surface area contributed by atoms with Crippen molar-refractivity contribution in [1.29, 1.82) is 0 Å². The van der Waals surface area contributed by atoms with Crippen molar-refractivity contribution in [3.05, 3.63) is 34.7 Å². The number of carbonyl (C=O) groups excluding carboxylic acids is 1. The summed E-state index contributed by atoms with van der Waals surface area (Å²) in [5.41, 5.74) is 0.364. The maximum atomic E-state index is 12.5. The van der Waals surface area contributed by atoms with Gasteiger partial charge in [0.05, 0.1) is 24.0 Å². The summed E-state index contributed by atoms with van der Waals surface area (Å²) >= 11 is 1.65. The zero-order chi connectivity index (χ0) is 15.4. The molecule has 3 heterocycles. The molecule has 116 valence electrons. The van der Waals surface area contributed by atoms with Gasteiger partial charge in [-0.15, -0.1) is 11.3 Å². The van der Waals surface area contributed by atoms with E-state index < -0.39 is 0 Å². The molecule has 3 rings (SSSR count). The molecule has 22 heavy (non-hydrogen) atoms. The first-order chi connectivity index (χ1) is 10.8. The smallest absolute Gasteiger partial charge is 0.274 e. The fraction of sp³-hybridized carbons (Fsp3) is 0.467. The molecule has 6 nitrogen and oxygen atoms in total. The van der Waals surface area contributed by atoms with E-state index >= 15 is 0 Å². The average Bonchev–Trinajstić information content (AvgIpc) is 3.10. The molecule has 1 amide bonds. The van der Waals surface area contributed by atoms with Crippen molar-refractivity contribution in [1.82, 2.24) is 19.9 Å². The summed E-state index contributed by atoms with van der Waals surface area (Å²) in [5, 5.41) is 3.09. The van der Waals surface area contributed by atoms with Crippen LogP contribution in [-0.2, 0) is 0 Å². The molecule has 0 spiro atoms. The fourth-order valence-corrected chi connectivity index (χ4v) is 3.38. The normalized spacial score (nSPS) is 18.2. The van der Waals surface area contributed by atoms with Gasteiger partial charge in [0, 0.05) is 30.6 Å². The molecule has 0 N–H and O–H groups in total. The molecule has 2 aromatic rings. The third-order valence-corrected chi connectivity index (χ3v) is 4.59. The molecule has 0 aliphatic carbocycles. The van der Waals surface area contributed by atoms with Crippen LogP contribution >= 0.6 is 11.3 Å². The Labute approximate surface area is 133 Å². The van der Waals surface area contributed by atoms with Gasteiger partial charge in [0.25, 0.3) is 5.91 Å². The highest BCUT2D eigenvalue weighted by Crippen LogP contribution is 2.28. The number of likely N-dealkylation sites (tertiary alicyclic amines) is 1. The SMILES string of the molecule is CCOc1cnc(C(=O)N2CCCC(c3nccs3)C2)cn1. The van der Waals surface area contributed by atoms with Crippen molar-refractivity contribution < 1.29 is 9.53 Å². The Kier molecular flexibility index (Phi) is 4.62. The minimum absolute atomic E-state index is 0.0724. The summed E-state index contributed by atoms with van der Waals surface area (Å²) in [4.78, 5) is 27.1. The lowest BCUT2D eigenvalue weighted by atomic mass is 9.98. The molecule has 1 unspecified atom stereocenters. The summed E-state index contributed by atoms with van der Waals surface area (Å²) in [6.45, 7) is 3.87. The molecule has 1 saturated heterocycles. The molecular weight excluding hydrogens is 300 g/mol. The molecule has 1 atom stereocenters. The third-order valence-electron chi connectivity index (χ3n) is 3.65. The number of rotatable bonds is 4. The predicted octanol–water partition coefficient (Wildman–Crippen LogP) is 2.35. The van der Waals surface area contributed by atoms with Gasteiger partial charge in [-0.1, -0.05) is 0 Å². The van der Waals surface area contributed by atoms with Crippen LogP contribution in [0.5, 0.6) is 5.88 Å². The Balaban J connectivity index is 1.68. The van der Waals surface area contributed by atoms with Gasteiger partial charge in [-0.05, 0) is 19.8 Å². The first-order valence-corrected chi connectivity index (χ1v) is 8.29. The molecule has 0 radical (unpaired) electrons. The topological polar surface area (TPSA) is 68.2 Å². The summed E-state index contributed by atoms with van der Waals surface area (Å²) in [5.74, 6) is 0.698. The van der Waals surface area contributed by atoms with E-state index in [1.807, 2.05) is 23.4 Å². The summed E-state index contributed by atoms with van der Waals surface area (Å²) in [6.07, 6.45) is 6.87. The van der Waals surface area contributed by atoms with E-state index in [-0.39, 0.29) is 5.91 Å². The van der Waals surface area contributed by atoms with Crippen molar-refractivity contribution in [2.75, 3.05) is 19.7 Å². The van der Waals surface area contributed by atoms with E-state index in [4.69, 9.17) is 4.74 Å². The van der Waals surface area contributed by atoms with Crippen molar-refractivity contribution in [2.45, 2.75) is 25.7 Å². The van der Waals surface area contributed by atoms with Gasteiger partial charge in [-0.3, -0.25) is 4.79 Å². The summed E-state index contributed by atoms with van der Waals surface area (Å²) in [7, 11) is 0. The van der Waals surface area contributed by atoms with E-state index in [0.29, 0.717) is 30.6 Å². The van der Waals surface area contributed by atoms with Crippen LogP contribution in [0.15, 0.2) is 24.0 Å². The molecule has 1 aliphatic rings. The van der Waals surface area contributed by atoms with Gasteiger partial charge in [-0.25, -0.2) is 15.0 Å². The van der Waals surface area contributed by atoms with Gasteiger partial charge >= 0.3 is 0 Å². The summed E-state index contributed by atoms with van der Waals surface area (Å²) < 4.78 is 5.25. The molecular formula is C15H18N4O2S. The third kappa shape index (κ3) is 3.24. The standard InChI is InChI=1S/C15H18N4O2S/c1-2-21-13-9-17-12(8-18-13)15(20)19-6-3-4-11(10-19)14-16-5-7-22-14/h5,7-9,11H,2-4,6,10H2,1H3. The highest BCUT2D eigenvalue weighted by atomic mass is 32.1. The number of piperidine rings is 1. The maximum absolute atomic E-state index is 12.5. The number of nitrogens with zero attached hydrogens (tertiary/aromatic N) is 4. The Hall–Kier alpha value is -2.02. The number of thiazole rings is 1. The molecule has 0 saturated carbocycles. The van der Waals surface area contributed by atoms with E-state index in [9.17, 15) is 4.79 Å². The zero-order valence-electron chi connectivity index (χ0n) is 12.4. The average molecular weight is 318 g/mol. The van der Waals surface area contributed by atoms with Gasteiger partial charge in [0.15, 0.2) is 0 Å². The molecule has 2 aromatic heterocycles. The van der Waals surface area contributed by atoms with Crippen molar-refractivity contribution in [3.63, 3.8) is 0 Å². The summed E-state index contributed by atoms with van der Waals surface area (Å²) in [6, 6.07) is 0. The number of hydrogen-bond acceptors (Lipinski definition) is 6. The fourth-order valence-electron chi connectivity index (χ4n) is 2.61. The molecule has 1 aliphatic heterocycles. The van der Waals surface area contributed by atoms with E-state index in [0.717, 1.165) is 24.4 Å². The highest BCUT2D eigenvalue weighted by molar-refractivity contribution is 7.09. The Morgan fingerprint density at radius 2 is 2.32 bits per heavy atom. The molecule has 0 bridgehead atoms. The number of ether oxygens (including phenoxy) is 1. The van der Waals surface area contributed by atoms with Crippen LogP contribution in [-0.4, -0.2) is 45.5 Å². The minimum atomic E-state index is -0.0724.